The van der Waals surface area contributed by atoms with E-state index in [1.165, 1.54) is 35.4 Å². The number of hydrogen-bond acceptors (Lipinski definition) is 5. The first-order chi connectivity index (χ1) is 8.56. The van der Waals surface area contributed by atoms with Crippen LogP contribution in [0, 0.1) is 12.7 Å². The predicted molar refractivity (Wildman–Crippen MR) is 67.6 cm³/mol. The Morgan fingerprint density at radius 3 is 2.94 bits per heavy atom. The molecule has 0 aliphatic heterocycles. The summed E-state index contributed by atoms with van der Waals surface area (Å²) < 4.78 is 17.9. The fraction of sp³-hybridized carbons (Fsp3) is 0.182. The van der Waals surface area contributed by atoms with E-state index in [-0.39, 0.29) is 5.56 Å². The molecule has 0 saturated carbocycles. The second-order valence-corrected chi connectivity index (χ2v) is 5.48. The predicted octanol–water partition coefficient (Wildman–Crippen LogP) is 2.98. The van der Waals surface area contributed by atoms with Crippen molar-refractivity contribution in [2.45, 2.75) is 17.0 Å². The lowest BCUT2D eigenvalue weighted by atomic mass is 10.1. The van der Waals surface area contributed by atoms with E-state index in [9.17, 15) is 9.18 Å². The number of aromatic carboxylic acids is 1. The maximum Gasteiger partial charge on any atom is 0.335 e. The molecule has 0 bridgehead atoms. The Labute approximate surface area is 111 Å². The van der Waals surface area contributed by atoms with Crippen molar-refractivity contribution in [2.75, 3.05) is 0 Å². The number of carboxylic acid groups (broad SMARTS) is 1. The smallest absolute Gasteiger partial charge is 0.335 e. The molecular formula is C11H9FN2O2S2. The fourth-order valence-corrected chi connectivity index (χ4v) is 3.00. The third-order valence-corrected chi connectivity index (χ3v) is 4.13. The monoisotopic (exact) mass is 284 g/mol. The number of aryl methyl sites for hydroxylation is 1. The van der Waals surface area contributed by atoms with Crippen molar-refractivity contribution in [2.24, 2.45) is 0 Å². The summed E-state index contributed by atoms with van der Waals surface area (Å²) in [7, 11) is 0. The molecule has 18 heavy (non-hydrogen) atoms. The number of carbonyl (C=O) groups is 1. The van der Waals surface area contributed by atoms with Gasteiger partial charge < -0.3 is 5.11 Å². The molecule has 94 valence electrons. The molecule has 0 unspecified atom stereocenters. The highest BCUT2D eigenvalue weighted by Gasteiger charge is 2.12. The van der Waals surface area contributed by atoms with E-state index >= 15 is 0 Å². The van der Waals surface area contributed by atoms with Gasteiger partial charge in [0.05, 0.1) is 5.56 Å². The zero-order valence-electron chi connectivity index (χ0n) is 9.38. The minimum absolute atomic E-state index is 0.116. The van der Waals surface area contributed by atoms with Crippen molar-refractivity contribution in [1.82, 2.24) is 9.36 Å². The van der Waals surface area contributed by atoms with Crippen molar-refractivity contribution in [3.8, 4) is 0 Å². The molecule has 0 radical (unpaired) electrons. The second kappa shape index (κ2) is 5.45. The Bertz CT molecular complexity index is 586. The highest BCUT2D eigenvalue weighted by atomic mass is 32.2. The van der Waals surface area contributed by atoms with Gasteiger partial charge in [0.25, 0.3) is 0 Å². The topological polar surface area (TPSA) is 63.1 Å². The average molecular weight is 284 g/mol. The van der Waals surface area contributed by atoms with E-state index in [0.29, 0.717) is 17.1 Å². The quantitative estimate of drug-likeness (QED) is 0.874. The first kappa shape index (κ1) is 13.0. The fourth-order valence-electron chi connectivity index (χ4n) is 1.37. The van der Waals surface area contributed by atoms with Gasteiger partial charge in [-0.1, -0.05) is 11.8 Å². The summed E-state index contributed by atoms with van der Waals surface area (Å²) in [6.45, 7) is 1.78. The number of hydrogen-bond donors (Lipinski definition) is 1. The number of rotatable bonds is 4. The van der Waals surface area contributed by atoms with E-state index in [0.717, 1.165) is 10.4 Å². The van der Waals surface area contributed by atoms with Crippen LogP contribution < -0.4 is 0 Å². The van der Waals surface area contributed by atoms with Crippen LogP contribution >= 0.6 is 23.3 Å². The molecule has 0 amide bonds. The molecule has 1 aromatic carbocycles. The Morgan fingerprint density at radius 2 is 2.33 bits per heavy atom. The highest BCUT2D eigenvalue weighted by molar-refractivity contribution is 8.00. The van der Waals surface area contributed by atoms with Crippen LogP contribution in [-0.2, 0) is 5.75 Å². The summed E-state index contributed by atoms with van der Waals surface area (Å²) in [4.78, 5) is 15.1. The van der Waals surface area contributed by atoms with E-state index in [2.05, 4.69) is 9.36 Å². The lowest BCUT2D eigenvalue weighted by molar-refractivity contribution is 0.0696. The third kappa shape index (κ3) is 3.05. The van der Waals surface area contributed by atoms with Crippen LogP contribution in [0.1, 0.15) is 21.7 Å². The summed E-state index contributed by atoms with van der Waals surface area (Å²) in [6.07, 6.45) is 0. The third-order valence-electron chi connectivity index (χ3n) is 2.16. The minimum Gasteiger partial charge on any atom is -0.478 e. The molecule has 1 heterocycles. The number of benzene rings is 1. The zero-order chi connectivity index (χ0) is 13.1. The molecule has 0 aliphatic rings. The molecule has 1 N–H and O–H groups in total. The molecule has 4 nitrogen and oxygen atoms in total. The summed E-state index contributed by atoms with van der Waals surface area (Å²) in [5.41, 5.74) is 0.561. The standard InChI is InChI=1S/C11H9FN2O2S2/c1-6-13-11(18-14-6)17-5-7-4-8(12)2-3-9(7)10(15)16/h2-4H,5H2,1H3,(H,15,16). The highest BCUT2D eigenvalue weighted by Crippen LogP contribution is 2.26. The summed E-state index contributed by atoms with van der Waals surface area (Å²) in [5, 5.41) is 9.00. The molecule has 0 atom stereocenters. The molecule has 0 spiro atoms. The van der Waals surface area contributed by atoms with Gasteiger partial charge in [0.15, 0.2) is 4.34 Å². The Hall–Kier alpha value is -1.47. The van der Waals surface area contributed by atoms with Crippen LogP contribution in [0.4, 0.5) is 4.39 Å². The minimum atomic E-state index is -1.06. The first-order valence-electron chi connectivity index (χ1n) is 5.01. The summed E-state index contributed by atoms with van der Waals surface area (Å²) >= 11 is 2.60. The number of carboxylic acids is 1. The number of aromatic nitrogens is 2. The van der Waals surface area contributed by atoms with Gasteiger partial charge in [-0.3, -0.25) is 0 Å². The first-order valence-corrected chi connectivity index (χ1v) is 6.77. The maximum absolute atomic E-state index is 13.1. The van der Waals surface area contributed by atoms with Crippen LogP contribution in [0.25, 0.3) is 0 Å². The molecule has 7 heteroatoms. The molecule has 2 rings (SSSR count). The molecule has 0 saturated heterocycles. The van der Waals surface area contributed by atoms with Crippen molar-refractivity contribution >= 4 is 29.3 Å². The van der Waals surface area contributed by atoms with E-state index in [1.54, 1.807) is 6.92 Å². The van der Waals surface area contributed by atoms with Gasteiger partial charge in [0.2, 0.25) is 0 Å². The average Bonchev–Trinajstić information content (AvgIpc) is 2.72. The van der Waals surface area contributed by atoms with Crippen molar-refractivity contribution < 1.29 is 14.3 Å². The van der Waals surface area contributed by atoms with E-state index in [4.69, 9.17) is 5.11 Å². The van der Waals surface area contributed by atoms with Gasteiger partial charge in [-0.05, 0) is 42.2 Å². The van der Waals surface area contributed by atoms with Crippen LogP contribution in [0.15, 0.2) is 22.5 Å². The van der Waals surface area contributed by atoms with E-state index in [1.807, 2.05) is 0 Å². The van der Waals surface area contributed by atoms with Crippen LogP contribution in [0.2, 0.25) is 0 Å². The molecular weight excluding hydrogens is 275 g/mol. The van der Waals surface area contributed by atoms with Gasteiger partial charge >= 0.3 is 5.97 Å². The molecule has 1 aromatic heterocycles. The van der Waals surface area contributed by atoms with Gasteiger partial charge in [0.1, 0.15) is 11.6 Å². The second-order valence-electron chi connectivity index (χ2n) is 3.50. The number of thioether (sulfide) groups is 1. The maximum atomic E-state index is 13.1. The molecule has 2 aromatic rings. The summed E-state index contributed by atoms with van der Waals surface area (Å²) in [5.74, 6) is -0.461. The number of halogens is 1. The summed E-state index contributed by atoms with van der Waals surface area (Å²) in [6, 6.07) is 3.66. The van der Waals surface area contributed by atoms with Crippen molar-refractivity contribution in [3.63, 3.8) is 0 Å². The van der Waals surface area contributed by atoms with Crippen LogP contribution in [0.3, 0.4) is 0 Å². The lowest BCUT2D eigenvalue weighted by Gasteiger charge is -2.04. The Morgan fingerprint density at radius 1 is 1.56 bits per heavy atom. The van der Waals surface area contributed by atoms with Crippen LogP contribution in [0.5, 0.6) is 0 Å². The Kier molecular flexibility index (Phi) is 3.93. The van der Waals surface area contributed by atoms with Crippen molar-refractivity contribution in [3.05, 3.63) is 41.0 Å². The lowest BCUT2D eigenvalue weighted by Crippen LogP contribution is -2.02. The van der Waals surface area contributed by atoms with Gasteiger partial charge in [-0.25, -0.2) is 14.2 Å². The van der Waals surface area contributed by atoms with Gasteiger partial charge in [0, 0.05) is 5.75 Å². The normalized spacial score (nSPS) is 10.6. The van der Waals surface area contributed by atoms with Gasteiger partial charge in [-0.15, -0.1) is 0 Å². The number of nitrogens with zero attached hydrogens (tertiary/aromatic N) is 2. The van der Waals surface area contributed by atoms with E-state index < -0.39 is 11.8 Å². The Balaban J connectivity index is 2.17. The zero-order valence-corrected chi connectivity index (χ0v) is 11.0. The SMILES string of the molecule is Cc1nsc(SCc2cc(F)ccc2C(=O)O)n1. The van der Waals surface area contributed by atoms with Gasteiger partial charge in [-0.2, -0.15) is 4.37 Å². The van der Waals surface area contributed by atoms with Crippen LogP contribution in [-0.4, -0.2) is 20.4 Å². The molecule has 0 aliphatic carbocycles. The molecule has 0 fully saturated rings. The largest absolute Gasteiger partial charge is 0.478 e. The van der Waals surface area contributed by atoms with Crippen molar-refractivity contribution in [1.29, 1.82) is 0 Å².